The fourth-order valence-electron chi connectivity index (χ4n) is 1.42. The minimum absolute atomic E-state index is 0.00216. The maximum absolute atomic E-state index is 11.6. The van der Waals surface area contributed by atoms with Crippen molar-refractivity contribution in [3.05, 3.63) is 35.9 Å². The Bertz CT molecular complexity index is 308. The number of carbonyl (C=O) groups excluding carboxylic acids is 1. The minimum Gasteiger partial charge on any atom is -0.459 e. The van der Waals surface area contributed by atoms with Crippen LogP contribution >= 0.6 is 0 Å². The molecular formula is C13H18O3. The van der Waals surface area contributed by atoms with E-state index >= 15 is 0 Å². The van der Waals surface area contributed by atoms with Crippen LogP contribution in [-0.2, 0) is 9.47 Å². The van der Waals surface area contributed by atoms with Crippen molar-refractivity contribution in [3.8, 4) is 0 Å². The van der Waals surface area contributed by atoms with Crippen molar-refractivity contribution in [3.63, 3.8) is 0 Å². The molecule has 1 aromatic rings. The molecule has 16 heavy (non-hydrogen) atoms. The van der Waals surface area contributed by atoms with Crippen molar-refractivity contribution in [2.24, 2.45) is 0 Å². The van der Waals surface area contributed by atoms with E-state index < -0.39 is 0 Å². The maximum Gasteiger partial charge on any atom is 0.338 e. The highest BCUT2D eigenvalue weighted by atomic mass is 16.6. The lowest BCUT2D eigenvalue weighted by Crippen LogP contribution is -2.20. The Morgan fingerprint density at radius 3 is 2.56 bits per heavy atom. The van der Waals surface area contributed by atoms with E-state index in [1.807, 2.05) is 18.2 Å². The van der Waals surface area contributed by atoms with Crippen LogP contribution in [0.1, 0.15) is 30.1 Å². The molecule has 0 amide bonds. The van der Waals surface area contributed by atoms with E-state index in [4.69, 9.17) is 9.47 Å². The third kappa shape index (κ3) is 4.03. The van der Waals surface area contributed by atoms with Gasteiger partial charge in [0.05, 0.1) is 11.7 Å². The quantitative estimate of drug-likeness (QED) is 0.694. The van der Waals surface area contributed by atoms with Crippen LogP contribution in [0.5, 0.6) is 0 Å². The van der Waals surface area contributed by atoms with Crippen LogP contribution in [-0.4, -0.2) is 25.8 Å². The molecular weight excluding hydrogens is 204 g/mol. The Morgan fingerprint density at radius 1 is 1.31 bits per heavy atom. The molecule has 0 fully saturated rings. The van der Waals surface area contributed by atoms with E-state index in [1.165, 1.54) is 0 Å². The second kappa shape index (κ2) is 7.01. The number of methoxy groups -OCH3 is 1. The van der Waals surface area contributed by atoms with Crippen LogP contribution in [0.25, 0.3) is 0 Å². The molecule has 0 saturated heterocycles. The van der Waals surface area contributed by atoms with Crippen LogP contribution in [0.3, 0.4) is 0 Å². The van der Waals surface area contributed by atoms with Gasteiger partial charge in [-0.1, -0.05) is 31.5 Å². The number of esters is 1. The lowest BCUT2D eigenvalue weighted by Gasteiger charge is -2.14. The molecule has 1 atom stereocenters. The van der Waals surface area contributed by atoms with Gasteiger partial charge >= 0.3 is 5.97 Å². The molecule has 0 aliphatic rings. The van der Waals surface area contributed by atoms with E-state index in [0.717, 1.165) is 12.8 Å². The van der Waals surface area contributed by atoms with Crippen LogP contribution in [0.15, 0.2) is 30.3 Å². The van der Waals surface area contributed by atoms with Gasteiger partial charge in [-0.15, -0.1) is 0 Å². The first-order chi connectivity index (χ1) is 7.77. The summed E-state index contributed by atoms with van der Waals surface area (Å²) >= 11 is 0. The van der Waals surface area contributed by atoms with E-state index in [9.17, 15) is 4.79 Å². The molecule has 3 nitrogen and oxygen atoms in total. The first kappa shape index (κ1) is 12.7. The Balaban J connectivity index is 2.40. The molecule has 3 heteroatoms. The molecule has 0 bridgehead atoms. The number of hydrogen-bond acceptors (Lipinski definition) is 3. The van der Waals surface area contributed by atoms with Gasteiger partial charge in [-0.25, -0.2) is 4.79 Å². The number of ether oxygens (including phenoxy) is 2. The fraction of sp³-hybridized carbons (Fsp3) is 0.462. The molecule has 0 heterocycles. The summed E-state index contributed by atoms with van der Waals surface area (Å²) < 4.78 is 10.4. The first-order valence-electron chi connectivity index (χ1n) is 5.53. The highest BCUT2D eigenvalue weighted by Crippen LogP contribution is 2.05. The van der Waals surface area contributed by atoms with Gasteiger partial charge in [-0.3, -0.25) is 0 Å². The molecule has 0 N–H and O–H groups in total. The topological polar surface area (TPSA) is 35.5 Å². The first-order valence-corrected chi connectivity index (χ1v) is 5.53. The third-order valence-electron chi connectivity index (χ3n) is 2.35. The summed E-state index contributed by atoms with van der Waals surface area (Å²) in [6.07, 6.45) is 1.91. The molecule has 0 aliphatic carbocycles. The van der Waals surface area contributed by atoms with Crippen molar-refractivity contribution in [1.29, 1.82) is 0 Å². The lowest BCUT2D eigenvalue weighted by molar-refractivity contribution is 0.00781. The normalized spacial score (nSPS) is 12.1. The maximum atomic E-state index is 11.6. The molecule has 0 aromatic heterocycles. The van der Waals surface area contributed by atoms with Crippen molar-refractivity contribution in [2.45, 2.75) is 25.9 Å². The molecule has 88 valence electrons. The van der Waals surface area contributed by atoms with E-state index in [0.29, 0.717) is 12.2 Å². The van der Waals surface area contributed by atoms with Gasteiger partial charge in [-0.2, -0.15) is 0 Å². The summed E-state index contributed by atoms with van der Waals surface area (Å²) in [7, 11) is 1.64. The summed E-state index contributed by atoms with van der Waals surface area (Å²) in [5.74, 6) is -0.293. The van der Waals surface area contributed by atoms with Crippen LogP contribution in [0, 0.1) is 0 Å². The van der Waals surface area contributed by atoms with E-state index in [-0.39, 0.29) is 12.1 Å². The third-order valence-corrected chi connectivity index (χ3v) is 2.35. The molecule has 1 aromatic carbocycles. The van der Waals surface area contributed by atoms with Gasteiger partial charge in [0.15, 0.2) is 0 Å². The lowest BCUT2D eigenvalue weighted by atomic mass is 10.2. The van der Waals surface area contributed by atoms with Gasteiger partial charge in [0, 0.05) is 7.11 Å². The fourth-order valence-corrected chi connectivity index (χ4v) is 1.42. The average molecular weight is 222 g/mol. The molecule has 0 radical (unpaired) electrons. The van der Waals surface area contributed by atoms with Gasteiger partial charge in [0.2, 0.25) is 0 Å². The van der Waals surface area contributed by atoms with Gasteiger partial charge in [0.25, 0.3) is 0 Å². The standard InChI is InChI=1S/C13H18O3/c1-3-7-12(15-2)10-16-13(14)11-8-5-4-6-9-11/h4-6,8-9,12H,3,7,10H2,1-2H3. The minimum atomic E-state index is -0.293. The van der Waals surface area contributed by atoms with Gasteiger partial charge in [-0.05, 0) is 18.6 Å². The van der Waals surface area contributed by atoms with E-state index in [1.54, 1.807) is 19.2 Å². The van der Waals surface area contributed by atoms with Crippen molar-refractivity contribution >= 4 is 5.97 Å². The van der Waals surface area contributed by atoms with Crippen molar-refractivity contribution in [2.75, 3.05) is 13.7 Å². The summed E-state index contributed by atoms with van der Waals surface area (Å²) in [4.78, 5) is 11.6. The highest BCUT2D eigenvalue weighted by Gasteiger charge is 2.11. The van der Waals surface area contributed by atoms with Gasteiger partial charge < -0.3 is 9.47 Å². The van der Waals surface area contributed by atoms with Crippen LogP contribution < -0.4 is 0 Å². The second-order valence-corrected chi connectivity index (χ2v) is 3.61. The predicted molar refractivity (Wildman–Crippen MR) is 62.4 cm³/mol. The SMILES string of the molecule is CCCC(COC(=O)c1ccccc1)OC. The summed E-state index contributed by atoms with van der Waals surface area (Å²) in [6, 6.07) is 8.98. The largest absolute Gasteiger partial charge is 0.459 e. The van der Waals surface area contributed by atoms with Gasteiger partial charge in [0.1, 0.15) is 6.61 Å². The number of benzene rings is 1. The zero-order valence-electron chi connectivity index (χ0n) is 9.81. The molecule has 0 spiro atoms. The average Bonchev–Trinajstić information content (AvgIpc) is 2.35. The number of hydrogen-bond donors (Lipinski definition) is 0. The molecule has 1 rings (SSSR count). The predicted octanol–water partition coefficient (Wildman–Crippen LogP) is 2.66. The summed E-state index contributed by atoms with van der Waals surface area (Å²) in [5.41, 5.74) is 0.578. The highest BCUT2D eigenvalue weighted by molar-refractivity contribution is 5.89. The second-order valence-electron chi connectivity index (χ2n) is 3.61. The van der Waals surface area contributed by atoms with Crippen molar-refractivity contribution < 1.29 is 14.3 Å². The Morgan fingerprint density at radius 2 is 2.00 bits per heavy atom. The molecule has 1 unspecified atom stereocenters. The Hall–Kier alpha value is -1.35. The zero-order valence-corrected chi connectivity index (χ0v) is 9.81. The van der Waals surface area contributed by atoms with Crippen LogP contribution in [0.4, 0.5) is 0 Å². The smallest absolute Gasteiger partial charge is 0.338 e. The Kier molecular flexibility index (Phi) is 5.57. The summed E-state index contributed by atoms with van der Waals surface area (Å²) in [6.45, 7) is 2.39. The zero-order chi connectivity index (χ0) is 11.8. The molecule has 0 saturated carbocycles. The molecule has 0 aliphatic heterocycles. The van der Waals surface area contributed by atoms with E-state index in [2.05, 4.69) is 6.92 Å². The van der Waals surface area contributed by atoms with Crippen LogP contribution in [0.2, 0.25) is 0 Å². The number of carbonyl (C=O) groups is 1. The number of rotatable bonds is 6. The monoisotopic (exact) mass is 222 g/mol. The summed E-state index contributed by atoms with van der Waals surface area (Å²) in [5, 5.41) is 0. The Labute approximate surface area is 96.4 Å². The van der Waals surface area contributed by atoms with Crippen molar-refractivity contribution in [1.82, 2.24) is 0 Å².